The molecule has 0 unspecified atom stereocenters. The molecular weight excluding hydrogens is 373 g/mol. The van der Waals surface area contributed by atoms with Crippen molar-refractivity contribution in [1.82, 2.24) is 4.90 Å². The molecule has 2 nitrogen and oxygen atoms in total. The van der Waals surface area contributed by atoms with Crippen LogP contribution in [-0.4, -0.2) is 24.5 Å². The van der Waals surface area contributed by atoms with E-state index in [0.717, 1.165) is 17.0 Å². The zero-order valence-corrected chi connectivity index (χ0v) is 15.7. The summed E-state index contributed by atoms with van der Waals surface area (Å²) in [6, 6.07) is 6.91. The summed E-state index contributed by atoms with van der Waals surface area (Å²) in [5, 5.41) is 0. The molecule has 1 radical (unpaired) electrons. The van der Waals surface area contributed by atoms with Gasteiger partial charge in [-0.15, -0.1) is 24.5 Å². The largest absolute Gasteiger partial charge is 0.488 e. The summed E-state index contributed by atoms with van der Waals surface area (Å²) in [4.78, 5) is 1.96. The van der Waals surface area contributed by atoms with Crippen LogP contribution in [0.2, 0.25) is 0 Å². The van der Waals surface area contributed by atoms with Crippen LogP contribution in [0.5, 0.6) is 5.75 Å². The fourth-order valence-corrected chi connectivity index (χ4v) is 2.16. The number of hydrogen-bond donors (Lipinski definition) is 0. The Morgan fingerprint density at radius 2 is 2.00 bits per heavy atom. The zero-order chi connectivity index (χ0) is 16.1. The Balaban J connectivity index is 0.00000264. The van der Waals surface area contributed by atoms with Crippen molar-refractivity contribution < 1.29 is 46.2 Å². The van der Waals surface area contributed by atoms with Crippen molar-refractivity contribution >= 4 is 5.70 Å². The molecule has 0 aliphatic carbocycles. The normalized spacial score (nSPS) is 13.9. The van der Waals surface area contributed by atoms with E-state index in [0.29, 0.717) is 17.9 Å². The fraction of sp³-hybridized carbons (Fsp3) is 0.222. The summed E-state index contributed by atoms with van der Waals surface area (Å²) < 4.78 is 29.2. The van der Waals surface area contributed by atoms with Crippen molar-refractivity contribution in [1.29, 1.82) is 0 Å². The zero-order valence-electron chi connectivity index (χ0n) is 12.9. The molecular formula is C18H16F2NOY-. The Bertz CT molecular complexity index is 657. The molecule has 2 rings (SSSR count). The van der Waals surface area contributed by atoms with Crippen LogP contribution in [0.3, 0.4) is 0 Å². The van der Waals surface area contributed by atoms with Crippen molar-refractivity contribution in [3.8, 4) is 18.1 Å². The number of hydrogen-bond acceptors (Lipinski definition) is 2. The molecule has 0 atom stereocenters. The first kappa shape index (κ1) is 19.6. The number of benzene rings is 1. The van der Waals surface area contributed by atoms with Gasteiger partial charge in [0.05, 0.1) is 0 Å². The Kier molecular flexibility index (Phi) is 7.68. The van der Waals surface area contributed by atoms with Gasteiger partial charge in [-0.05, 0) is 24.8 Å². The minimum Gasteiger partial charge on any atom is -0.488 e. The number of terminal acetylenes is 1. The van der Waals surface area contributed by atoms with Gasteiger partial charge in [0.2, 0.25) is 0 Å². The first-order valence-electron chi connectivity index (χ1n) is 6.85. The van der Waals surface area contributed by atoms with E-state index in [9.17, 15) is 8.78 Å². The molecule has 0 N–H and O–H groups in total. The van der Waals surface area contributed by atoms with Crippen molar-refractivity contribution in [3.05, 3.63) is 59.8 Å². The quantitative estimate of drug-likeness (QED) is 0.560. The van der Waals surface area contributed by atoms with E-state index >= 15 is 0 Å². The van der Waals surface area contributed by atoms with Crippen LogP contribution < -0.4 is 4.74 Å². The Labute approximate surface area is 160 Å². The maximum atomic E-state index is 12.1. The topological polar surface area (TPSA) is 12.5 Å². The van der Waals surface area contributed by atoms with Gasteiger partial charge in [0.15, 0.2) is 0 Å². The average molecular weight is 389 g/mol. The van der Waals surface area contributed by atoms with Crippen molar-refractivity contribution in [2.24, 2.45) is 0 Å². The van der Waals surface area contributed by atoms with Crippen LogP contribution in [0.15, 0.2) is 48.2 Å². The van der Waals surface area contributed by atoms with Gasteiger partial charge in [0.25, 0.3) is 6.43 Å². The fourth-order valence-electron chi connectivity index (χ4n) is 2.16. The molecule has 0 saturated heterocycles. The third-order valence-corrected chi connectivity index (χ3v) is 3.24. The third-order valence-electron chi connectivity index (χ3n) is 3.24. The number of nitrogens with zero attached hydrogens (tertiary/aromatic N) is 1. The second kappa shape index (κ2) is 9.01. The van der Waals surface area contributed by atoms with E-state index < -0.39 is 13.0 Å². The predicted octanol–water partition coefficient (Wildman–Crippen LogP) is 3.88. The molecule has 1 aliphatic heterocycles. The summed E-state index contributed by atoms with van der Waals surface area (Å²) in [5.41, 5.74) is 3.17. The average Bonchev–Trinajstić information content (AvgIpc) is 2.53. The molecule has 0 bridgehead atoms. The molecule has 1 aliphatic rings. The van der Waals surface area contributed by atoms with Crippen LogP contribution in [0.1, 0.15) is 12.5 Å². The summed E-state index contributed by atoms with van der Waals surface area (Å²) >= 11 is 0. The van der Waals surface area contributed by atoms with Gasteiger partial charge in [-0.3, -0.25) is 0 Å². The van der Waals surface area contributed by atoms with Crippen molar-refractivity contribution in [2.75, 3.05) is 13.2 Å². The number of alkyl halides is 2. The minimum absolute atomic E-state index is 0. The van der Waals surface area contributed by atoms with E-state index in [1.807, 2.05) is 11.8 Å². The minimum atomic E-state index is -2.49. The molecule has 1 aromatic rings. The van der Waals surface area contributed by atoms with Crippen LogP contribution in [-0.2, 0) is 32.7 Å². The molecule has 5 heteroatoms. The van der Waals surface area contributed by atoms with Crippen LogP contribution in [0, 0.1) is 18.4 Å². The summed E-state index contributed by atoms with van der Waals surface area (Å²) in [6.07, 6.45) is 7.83. The van der Waals surface area contributed by atoms with Gasteiger partial charge in [0, 0.05) is 39.3 Å². The maximum Gasteiger partial charge on any atom is 0.272 e. The molecule has 0 spiro atoms. The van der Waals surface area contributed by atoms with Crippen LogP contribution in [0.25, 0.3) is 5.70 Å². The van der Waals surface area contributed by atoms with Gasteiger partial charge in [0.1, 0.15) is 12.4 Å². The predicted molar refractivity (Wildman–Crippen MR) is 83.0 cm³/mol. The number of halogens is 2. The Hall–Kier alpha value is -1.44. The van der Waals surface area contributed by atoms with E-state index in [4.69, 9.17) is 11.2 Å². The molecule has 0 amide bonds. The van der Waals surface area contributed by atoms with Crippen LogP contribution in [0.4, 0.5) is 8.78 Å². The van der Waals surface area contributed by atoms with E-state index in [-0.39, 0.29) is 32.7 Å². The first-order valence-corrected chi connectivity index (χ1v) is 6.85. The van der Waals surface area contributed by atoms with Gasteiger partial charge >= 0.3 is 0 Å². The summed E-state index contributed by atoms with van der Waals surface area (Å²) in [5.74, 6) is 2.98. The molecule has 23 heavy (non-hydrogen) atoms. The Morgan fingerprint density at radius 3 is 2.52 bits per heavy atom. The molecule has 1 aromatic carbocycles. The van der Waals surface area contributed by atoms with E-state index in [2.05, 4.69) is 18.6 Å². The van der Waals surface area contributed by atoms with Crippen molar-refractivity contribution in [3.63, 3.8) is 0 Å². The second-order valence-electron chi connectivity index (χ2n) is 4.61. The maximum absolute atomic E-state index is 12.1. The van der Waals surface area contributed by atoms with Gasteiger partial charge in [-0.2, -0.15) is 12.2 Å². The van der Waals surface area contributed by atoms with E-state index in [1.165, 1.54) is 0 Å². The number of allylic oxidation sites excluding steroid dienone is 3. The number of likely N-dealkylation sites (N-methyl/N-ethyl adjacent to an activating group) is 1. The Morgan fingerprint density at radius 1 is 1.35 bits per heavy atom. The molecule has 117 valence electrons. The number of rotatable bonds is 5. The molecule has 0 fully saturated rings. The van der Waals surface area contributed by atoms with Crippen LogP contribution >= 0.6 is 0 Å². The van der Waals surface area contributed by atoms with Gasteiger partial charge in [-0.1, -0.05) is 23.4 Å². The molecule has 1 heterocycles. The molecule has 0 aromatic heterocycles. The SMILES string of the molecule is C#CC1=C[C-]=C(c2ccc(OCC(F)F)cc2)N(CC)C1=C.[Y]. The van der Waals surface area contributed by atoms with Gasteiger partial charge in [-0.25, -0.2) is 8.78 Å². The molecule has 0 saturated carbocycles. The third kappa shape index (κ3) is 4.77. The van der Waals surface area contributed by atoms with E-state index in [1.54, 1.807) is 30.3 Å². The summed E-state index contributed by atoms with van der Waals surface area (Å²) in [6.45, 7) is 6.09. The van der Waals surface area contributed by atoms with Gasteiger partial charge < -0.3 is 9.64 Å². The monoisotopic (exact) mass is 389 g/mol. The standard InChI is InChI=1S/C18H16F2NO.Y/c1-4-14-8-11-17(21(5-2)13(14)3)15-6-9-16(10-7-15)22-12-18(19)20;/h1,6-10,18H,3,5,12H2,2H3;/q-1;. The number of ether oxygens (including phenoxy) is 1. The first-order chi connectivity index (χ1) is 10.6. The second-order valence-corrected chi connectivity index (χ2v) is 4.61. The van der Waals surface area contributed by atoms with Crippen molar-refractivity contribution in [2.45, 2.75) is 13.3 Å². The summed E-state index contributed by atoms with van der Waals surface area (Å²) in [7, 11) is 0. The smallest absolute Gasteiger partial charge is 0.272 e.